The van der Waals surface area contributed by atoms with E-state index in [1.807, 2.05) is 24.3 Å². The van der Waals surface area contributed by atoms with Gasteiger partial charge in [-0.1, -0.05) is 38.1 Å². The summed E-state index contributed by atoms with van der Waals surface area (Å²) in [6.45, 7) is 4.17. The van der Waals surface area contributed by atoms with Crippen LogP contribution in [0.5, 0.6) is 0 Å². The maximum atomic E-state index is 11.8. The van der Waals surface area contributed by atoms with Crippen molar-refractivity contribution in [3.05, 3.63) is 35.4 Å². The van der Waals surface area contributed by atoms with Gasteiger partial charge in [-0.15, -0.1) is 0 Å². The predicted octanol–water partition coefficient (Wildman–Crippen LogP) is 1.01. The Morgan fingerprint density at radius 2 is 1.86 bits per heavy atom. The first-order valence-electron chi connectivity index (χ1n) is 6.92. The number of carbonyl (C=O) groups excluding carboxylic acids is 3. The van der Waals surface area contributed by atoms with Gasteiger partial charge in [0.25, 0.3) is 0 Å². The van der Waals surface area contributed by atoms with Crippen molar-refractivity contribution in [1.29, 1.82) is 0 Å². The number of imide groups is 1. The zero-order valence-electron chi connectivity index (χ0n) is 12.2. The quantitative estimate of drug-likeness (QED) is 0.794. The van der Waals surface area contributed by atoms with Gasteiger partial charge in [0.2, 0.25) is 11.8 Å². The minimum Gasteiger partial charge on any atom is -0.275 e. The van der Waals surface area contributed by atoms with Crippen molar-refractivity contribution < 1.29 is 14.4 Å². The summed E-state index contributed by atoms with van der Waals surface area (Å²) in [4.78, 5) is 34.1. The van der Waals surface area contributed by atoms with Crippen LogP contribution >= 0.6 is 0 Å². The average Bonchev–Trinajstić information content (AvgIpc) is 2.69. The van der Waals surface area contributed by atoms with Gasteiger partial charge < -0.3 is 0 Å². The first-order valence-corrected chi connectivity index (χ1v) is 6.92. The summed E-state index contributed by atoms with van der Waals surface area (Å²) in [5.41, 5.74) is 4.52. The molecule has 4 amide bonds. The van der Waals surface area contributed by atoms with Crippen molar-refractivity contribution in [2.24, 2.45) is 5.92 Å². The topological polar surface area (TPSA) is 78.5 Å². The molecule has 1 aliphatic heterocycles. The van der Waals surface area contributed by atoms with Crippen molar-refractivity contribution >= 4 is 17.8 Å². The third-order valence-corrected chi connectivity index (χ3v) is 3.08. The van der Waals surface area contributed by atoms with Gasteiger partial charge in [0, 0.05) is 0 Å². The Morgan fingerprint density at radius 1 is 1.24 bits per heavy atom. The maximum Gasteiger partial charge on any atom is 0.343 e. The highest BCUT2D eigenvalue weighted by atomic mass is 16.2. The van der Waals surface area contributed by atoms with Crippen LogP contribution in [0.2, 0.25) is 0 Å². The van der Waals surface area contributed by atoms with E-state index in [0.717, 1.165) is 17.0 Å². The molecule has 6 nitrogen and oxygen atoms in total. The van der Waals surface area contributed by atoms with Crippen LogP contribution in [0.4, 0.5) is 4.79 Å². The normalized spacial score (nSPS) is 14.5. The van der Waals surface area contributed by atoms with E-state index in [1.165, 1.54) is 5.56 Å². The lowest BCUT2D eigenvalue weighted by atomic mass is 10.0. The average molecular weight is 289 g/mol. The molecule has 112 valence electrons. The largest absolute Gasteiger partial charge is 0.343 e. The van der Waals surface area contributed by atoms with Crippen molar-refractivity contribution in [3.63, 3.8) is 0 Å². The van der Waals surface area contributed by atoms with E-state index in [-0.39, 0.29) is 18.9 Å². The van der Waals surface area contributed by atoms with Crippen molar-refractivity contribution in [2.45, 2.75) is 26.7 Å². The number of rotatable bonds is 5. The Balaban J connectivity index is 1.88. The van der Waals surface area contributed by atoms with Gasteiger partial charge in [0.1, 0.15) is 6.54 Å². The van der Waals surface area contributed by atoms with Gasteiger partial charge in [0.05, 0.1) is 6.42 Å². The molecule has 0 aliphatic carbocycles. The molecule has 0 atom stereocenters. The van der Waals surface area contributed by atoms with E-state index in [0.29, 0.717) is 5.92 Å². The van der Waals surface area contributed by atoms with E-state index in [4.69, 9.17) is 0 Å². The van der Waals surface area contributed by atoms with Crippen LogP contribution in [-0.2, 0) is 22.4 Å². The molecule has 0 bridgehead atoms. The van der Waals surface area contributed by atoms with Gasteiger partial charge in [0.15, 0.2) is 0 Å². The highest BCUT2D eigenvalue weighted by Gasteiger charge is 2.27. The number of carbonyl (C=O) groups is 3. The van der Waals surface area contributed by atoms with E-state index >= 15 is 0 Å². The molecule has 6 heteroatoms. The number of benzene rings is 1. The monoisotopic (exact) mass is 289 g/mol. The van der Waals surface area contributed by atoms with Gasteiger partial charge in [-0.25, -0.2) is 9.80 Å². The summed E-state index contributed by atoms with van der Waals surface area (Å²) in [6.07, 6.45) is 1.17. The van der Waals surface area contributed by atoms with Crippen LogP contribution in [0, 0.1) is 5.92 Å². The van der Waals surface area contributed by atoms with E-state index in [9.17, 15) is 14.4 Å². The van der Waals surface area contributed by atoms with Gasteiger partial charge in [-0.2, -0.15) is 0 Å². The van der Waals surface area contributed by atoms with Crippen LogP contribution in [-0.4, -0.2) is 29.4 Å². The molecule has 1 aromatic carbocycles. The molecule has 21 heavy (non-hydrogen) atoms. The molecule has 0 aromatic heterocycles. The highest BCUT2D eigenvalue weighted by molar-refractivity contribution is 6.02. The zero-order valence-corrected chi connectivity index (χ0v) is 12.2. The second-order valence-electron chi connectivity index (χ2n) is 5.57. The standard InChI is InChI=1S/C15H19N3O3/c1-10(2)7-11-3-5-12(6-4-11)8-13(19)17-18-9-14(20)16-15(18)21/h3-6,10H,7-9H2,1-2H3,(H,17,19)(H,16,20,21). The van der Waals surface area contributed by atoms with Crippen LogP contribution in [0.15, 0.2) is 24.3 Å². The molecule has 2 N–H and O–H groups in total. The number of hydrogen-bond donors (Lipinski definition) is 2. The molecule has 1 saturated heterocycles. The molecule has 1 aliphatic rings. The smallest absolute Gasteiger partial charge is 0.275 e. The van der Waals surface area contributed by atoms with E-state index in [2.05, 4.69) is 24.6 Å². The van der Waals surface area contributed by atoms with E-state index < -0.39 is 11.9 Å². The van der Waals surface area contributed by atoms with E-state index in [1.54, 1.807) is 0 Å². The Kier molecular flexibility index (Phi) is 4.57. The molecule has 1 heterocycles. The minimum atomic E-state index is -0.597. The zero-order chi connectivity index (χ0) is 15.4. The van der Waals surface area contributed by atoms with Crippen molar-refractivity contribution in [3.8, 4) is 0 Å². The fraction of sp³-hybridized carbons (Fsp3) is 0.400. The van der Waals surface area contributed by atoms with Crippen molar-refractivity contribution in [2.75, 3.05) is 6.54 Å². The Morgan fingerprint density at radius 3 is 2.38 bits per heavy atom. The van der Waals surface area contributed by atoms with Crippen LogP contribution in [0.3, 0.4) is 0 Å². The minimum absolute atomic E-state index is 0.141. The lowest BCUT2D eigenvalue weighted by molar-refractivity contribution is -0.124. The molecule has 0 spiro atoms. The van der Waals surface area contributed by atoms with Gasteiger partial charge in [-0.3, -0.25) is 20.3 Å². The number of hydrogen-bond acceptors (Lipinski definition) is 3. The maximum absolute atomic E-state index is 11.8. The number of urea groups is 1. The predicted molar refractivity (Wildman–Crippen MR) is 77.1 cm³/mol. The van der Waals surface area contributed by atoms with Crippen LogP contribution < -0.4 is 10.7 Å². The molecular formula is C15H19N3O3. The lowest BCUT2D eigenvalue weighted by Gasteiger charge is -2.14. The van der Waals surface area contributed by atoms with Crippen molar-refractivity contribution in [1.82, 2.24) is 15.8 Å². The Labute approximate surface area is 123 Å². The fourth-order valence-electron chi connectivity index (χ4n) is 2.17. The molecule has 0 radical (unpaired) electrons. The Hall–Kier alpha value is -2.37. The first-order chi connectivity index (χ1) is 9.94. The number of hydrazine groups is 1. The third-order valence-electron chi connectivity index (χ3n) is 3.08. The summed E-state index contributed by atoms with van der Waals surface area (Å²) in [5.74, 6) is -0.153. The first kappa shape index (κ1) is 15.0. The second-order valence-corrected chi connectivity index (χ2v) is 5.57. The molecular weight excluding hydrogens is 270 g/mol. The highest BCUT2D eigenvalue weighted by Crippen LogP contribution is 2.10. The SMILES string of the molecule is CC(C)Cc1ccc(CC(=O)NN2CC(=O)NC2=O)cc1. The van der Waals surface area contributed by atoms with Crippen LogP contribution in [0.1, 0.15) is 25.0 Å². The summed E-state index contributed by atoms with van der Waals surface area (Å²) in [7, 11) is 0. The Bertz CT molecular complexity index is 552. The summed E-state index contributed by atoms with van der Waals surface area (Å²) < 4.78 is 0. The van der Waals surface area contributed by atoms with Crippen LogP contribution in [0.25, 0.3) is 0 Å². The summed E-state index contributed by atoms with van der Waals surface area (Å²) >= 11 is 0. The number of amides is 4. The molecule has 0 unspecified atom stereocenters. The summed E-state index contributed by atoms with van der Waals surface area (Å²) in [5, 5.41) is 3.08. The molecule has 0 saturated carbocycles. The summed E-state index contributed by atoms with van der Waals surface area (Å²) in [6, 6.07) is 7.24. The van der Waals surface area contributed by atoms with Gasteiger partial charge >= 0.3 is 6.03 Å². The number of nitrogens with one attached hydrogen (secondary N) is 2. The third kappa shape index (κ3) is 4.30. The molecule has 2 rings (SSSR count). The fourth-order valence-corrected chi connectivity index (χ4v) is 2.17. The van der Waals surface area contributed by atoms with Gasteiger partial charge in [-0.05, 0) is 23.5 Å². The number of nitrogens with zero attached hydrogens (tertiary/aromatic N) is 1. The molecule has 1 aromatic rings. The second kappa shape index (κ2) is 6.39. The molecule has 1 fully saturated rings. The lowest BCUT2D eigenvalue weighted by Crippen LogP contribution is -2.44.